The number of halogens is 1. The Balaban J connectivity index is 1.49. The second-order valence-electron chi connectivity index (χ2n) is 7.21. The summed E-state index contributed by atoms with van der Waals surface area (Å²) in [6.45, 7) is 7.17. The highest BCUT2D eigenvalue weighted by Crippen LogP contribution is 2.21. The van der Waals surface area contributed by atoms with E-state index in [9.17, 15) is 9.18 Å². The lowest BCUT2D eigenvalue weighted by atomic mass is 9.95. The molecular weight excluding hydrogens is 335 g/mol. The maximum atomic E-state index is 13.0. The summed E-state index contributed by atoms with van der Waals surface area (Å²) < 4.78 is 18.3. The van der Waals surface area contributed by atoms with Gasteiger partial charge in [0.2, 0.25) is 5.91 Å². The molecule has 3 rings (SSSR count). The molecule has 140 valence electrons. The second-order valence-corrected chi connectivity index (χ2v) is 7.21. The molecule has 1 aliphatic rings. The molecule has 0 unspecified atom stereocenters. The SMILES string of the molecule is CC(C)CNC(=O)C1CCN(Cc2noc(-c3ccc(F)cc3)n2)CC1. The molecule has 1 N–H and O–H groups in total. The number of likely N-dealkylation sites (tertiary alicyclic amines) is 1. The molecule has 0 spiro atoms. The molecule has 7 heteroatoms. The number of hydrogen-bond acceptors (Lipinski definition) is 5. The van der Waals surface area contributed by atoms with Gasteiger partial charge in [-0.15, -0.1) is 0 Å². The Morgan fingerprint density at radius 1 is 1.31 bits per heavy atom. The van der Waals surface area contributed by atoms with Crippen molar-refractivity contribution in [3.8, 4) is 11.5 Å². The van der Waals surface area contributed by atoms with E-state index in [1.165, 1.54) is 12.1 Å². The summed E-state index contributed by atoms with van der Waals surface area (Å²) in [6, 6.07) is 5.98. The van der Waals surface area contributed by atoms with Crippen molar-refractivity contribution < 1.29 is 13.7 Å². The summed E-state index contributed by atoms with van der Waals surface area (Å²) in [5, 5.41) is 7.03. The Morgan fingerprint density at radius 2 is 2.00 bits per heavy atom. The van der Waals surface area contributed by atoms with Crippen LogP contribution in [0.1, 0.15) is 32.5 Å². The van der Waals surface area contributed by atoms with Gasteiger partial charge in [-0.3, -0.25) is 9.69 Å². The molecule has 2 aromatic rings. The Kier molecular flexibility index (Phi) is 5.98. The van der Waals surface area contributed by atoms with Crippen molar-refractivity contribution in [2.45, 2.75) is 33.2 Å². The van der Waals surface area contributed by atoms with Crippen LogP contribution in [0.3, 0.4) is 0 Å². The molecule has 1 fully saturated rings. The topological polar surface area (TPSA) is 71.3 Å². The third kappa shape index (κ3) is 4.88. The largest absolute Gasteiger partial charge is 0.356 e. The van der Waals surface area contributed by atoms with E-state index in [2.05, 4.69) is 34.2 Å². The van der Waals surface area contributed by atoms with Gasteiger partial charge < -0.3 is 9.84 Å². The number of rotatable bonds is 6. The van der Waals surface area contributed by atoms with E-state index in [0.717, 1.165) is 32.5 Å². The van der Waals surface area contributed by atoms with Crippen LogP contribution >= 0.6 is 0 Å². The molecule has 6 nitrogen and oxygen atoms in total. The van der Waals surface area contributed by atoms with Crippen molar-refractivity contribution in [1.82, 2.24) is 20.4 Å². The quantitative estimate of drug-likeness (QED) is 0.858. The first kappa shape index (κ1) is 18.5. The van der Waals surface area contributed by atoms with Crippen LogP contribution in [-0.4, -0.2) is 40.6 Å². The molecule has 0 saturated carbocycles. The number of carbonyl (C=O) groups excluding carboxylic acids is 1. The molecule has 1 aliphatic heterocycles. The highest BCUT2D eigenvalue weighted by Gasteiger charge is 2.25. The second kappa shape index (κ2) is 8.40. The Bertz CT molecular complexity index is 721. The van der Waals surface area contributed by atoms with Gasteiger partial charge in [0.1, 0.15) is 5.82 Å². The average molecular weight is 360 g/mol. The van der Waals surface area contributed by atoms with E-state index >= 15 is 0 Å². The number of carbonyl (C=O) groups is 1. The molecule has 1 saturated heterocycles. The summed E-state index contributed by atoms with van der Waals surface area (Å²) in [5.41, 5.74) is 0.700. The van der Waals surface area contributed by atoms with Crippen molar-refractivity contribution >= 4 is 5.91 Å². The predicted octanol–water partition coefficient (Wildman–Crippen LogP) is 2.86. The zero-order chi connectivity index (χ0) is 18.5. The number of amides is 1. The zero-order valence-electron chi connectivity index (χ0n) is 15.2. The minimum Gasteiger partial charge on any atom is -0.356 e. The standard InChI is InChI=1S/C19H25FN4O2/c1-13(2)11-21-18(25)14-7-9-24(10-8-14)12-17-22-19(26-23-17)15-3-5-16(20)6-4-15/h3-6,13-14H,7-12H2,1-2H3,(H,21,25). The van der Waals surface area contributed by atoms with Crippen LogP contribution in [0.2, 0.25) is 0 Å². The molecule has 0 radical (unpaired) electrons. The smallest absolute Gasteiger partial charge is 0.257 e. The van der Waals surface area contributed by atoms with Crippen LogP contribution in [0.4, 0.5) is 4.39 Å². The van der Waals surface area contributed by atoms with Crippen molar-refractivity contribution in [2.24, 2.45) is 11.8 Å². The van der Waals surface area contributed by atoms with Gasteiger partial charge in [0.25, 0.3) is 5.89 Å². The Morgan fingerprint density at radius 3 is 2.65 bits per heavy atom. The van der Waals surface area contributed by atoms with Crippen LogP contribution in [-0.2, 0) is 11.3 Å². The van der Waals surface area contributed by atoms with Crippen LogP contribution in [0.25, 0.3) is 11.5 Å². The first-order valence-electron chi connectivity index (χ1n) is 9.10. The molecule has 1 aromatic carbocycles. The maximum absolute atomic E-state index is 13.0. The fraction of sp³-hybridized carbons (Fsp3) is 0.526. The van der Waals surface area contributed by atoms with Crippen LogP contribution < -0.4 is 5.32 Å². The zero-order valence-corrected chi connectivity index (χ0v) is 15.2. The van der Waals surface area contributed by atoms with E-state index in [1.807, 2.05) is 0 Å². The normalized spacial score (nSPS) is 16.2. The van der Waals surface area contributed by atoms with E-state index in [-0.39, 0.29) is 17.6 Å². The maximum Gasteiger partial charge on any atom is 0.257 e. The highest BCUT2D eigenvalue weighted by molar-refractivity contribution is 5.78. The van der Waals surface area contributed by atoms with E-state index in [1.54, 1.807) is 12.1 Å². The summed E-state index contributed by atoms with van der Waals surface area (Å²) in [7, 11) is 0. The lowest BCUT2D eigenvalue weighted by molar-refractivity contribution is -0.126. The lowest BCUT2D eigenvalue weighted by Gasteiger charge is -2.30. The van der Waals surface area contributed by atoms with E-state index in [4.69, 9.17) is 4.52 Å². The highest BCUT2D eigenvalue weighted by atomic mass is 19.1. The summed E-state index contributed by atoms with van der Waals surface area (Å²) in [4.78, 5) is 18.8. The van der Waals surface area contributed by atoms with Crippen molar-refractivity contribution in [1.29, 1.82) is 0 Å². The van der Waals surface area contributed by atoms with E-state index in [0.29, 0.717) is 29.7 Å². The molecule has 2 heterocycles. The van der Waals surface area contributed by atoms with Gasteiger partial charge in [-0.25, -0.2) is 4.39 Å². The minimum absolute atomic E-state index is 0.0880. The van der Waals surface area contributed by atoms with Crippen LogP contribution in [0.15, 0.2) is 28.8 Å². The van der Waals surface area contributed by atoms with Gasteiger partial charge in [0.05, 0.1) is 6.54 Å². The van der Waals surface area contributed by atoms with Crippen molar-refractivity contribution in [2.75, 3.05) is 19.6 Å². The number of piperidine rings is 1. The third-order valence-electron chi connectivity index (χ3n) is 4.57. The number of nitrogens with zero attached hydrogens (tertiary/aromatic N) is 3. The molecule has 0 aliphatic carbocycles. The lowest BCUT2D eigenvalue weighted by Crippen LogP contribution is -2.41. The molecule has 26 heavy (non-hydrogen) atoms. The van der Waals surface area contributed by atoms with Gasteiger partial charge in [-0.1, -0.05) is 19.0 Å². The van der Waals surface area contributed by atoms with Crippen LogP contribution in [0, 0.1) is 17.7 Å². The Labute approximate surface area is 152 Å². The summed E-state index contributed by atoms with van der Waals surface area (Å²) >= 11 is 0. The first-order valence-corrected chi connectivity index (χ1v) is 9.10. The molecule has 0 bridgehead atoms. The third-order valence-corrected chi connectivity index (χ3v) is 4.57. The molecule has 1 amide bonds. The molecular formula is C19H25FN4O2. The molecule has 1 aromatic heterocycles. The van der Waals surface area contributed by atoms with Gasteiger partial charge >= 0.3 is 0 Å². The monoisotopic (exact) mass is 360 g/mol. The Hall–Kier alpha value is -2.28. The van der Waals surface area contributed by atoms with Crippen LogP contribution in [0.5, 0.6) is 0 Å². The molecule has 0 atom stereocenters. The summed E-state index contributed by atoms with van der Waals surface area (Å²) in [5.74, 6) is 1.41. The number of hydrogen-bond donors (Lipinski definition) is 1. The van der Waals surface area contributed by atoms with E-state index < -0.39 is 0 Å². The first-order chi connectivity index (χ1) is 12.5. The van der Waals surface area contributed by atoms with Crippen molar-refractivity contribution in [3.05, 3.63) is 35.9 Å². The predicted molar refractivity (Wildman–Crippen MR) is 95.5 cm³/mol. The van der Waals surface area contributed by atoms with Gasteiger partial charge in [0.15, 0.2) is 5.82 Å². The minimum atomic E-state index is -0.297. The van der Waals surface area contributed by atoms with Gasteiger partial charge in [-0.2, -0.15) is 4.98 Å². The van der Waals surface area contributed by atoms with Gasteiger partial charge in [-0.05, 0) is 56.1 Å². The fourth-order valence-corrected chi connectivity index (χ4v) is 3.03. The fourth-order valence-electron chi connectivity index (χ4n) is 3.03. The average Bonchev–Trinajstić information content (AvgIpc) is 3.09. The van der Waals surface area contributed by atoms with Crippen molar-refractivity contribution in [3.63, 3.8) is 0 Å². The summed E-state index contributed by atoms with van der Waals surface area (Å²) in [6.07, 6.45) is 1.68. The van der Waals surface area contributed by atoms with Gasteiger partial charge in [0, 0.05) is 18.0 Å². The number of aromatic nitrogens is 2. The number of nitrogens with one attached hydrogen (secondary N) is 1. The number of benzene rings is 1.